The minimum absolute atomic E-state index is 0.300. The lowest BCUT2D eigenvalue weighted by atomic mass is 9.84. The average molecular weight is 283 g/mol. The van der Waals surface area contributed by atoms with Gasteiger partial charge in [-0.05, 0) is 63.5 Å². The van der Waals surface area contributed by atoms with E-state index >= 15 is 0 Å². The van der Waals surface area contributed by atoms with Crippen molar-refractivity contribution in [3.63, 3.8) is 0 Å². The highest BCUT2D eigenvalue weighted by Gasteiger charge is 2.26. The van der Waals surface area contributed by atoms with Gasteiger partial charge in [0.05, 0.1) is 6.10 Å². The number of hydrogen-bond donors (Lipinski definition) is 1. The Kier molecular flexibility index (Phi) is 6.30. The fourth-order valence-corrected chi connectivity index (χ4v) is 3.62. The molecule has 0 radical (unpaired) electrons. The Balaban J connectivity index is 1.65. The molecular formula is C16H29NO3. The Morgan fingerprint density at radius 1 is 1.40 bits per heavy atom. The molecule has 2 saturated heterocycles. The summed E-state index contributed by atoms with van der Waals surface area (Å²) >= 11 is 0. The van der Waals surface area contributed by atoms with Gasteiger partial charge >= 0.3 is 5.97 Å². The first kappa shape index (κ1) is 15.8. The van der Waals surface area contributed by atoms with E-state index in [1.807, 2.05) is 0 Å². The number of carboxylic acid groups (broad SMARTS) is 1. The highest BCUT2D eigenvalue weighted by Crippen LogP contribution is 2.26. The first-order valence-corrected chi connectivity index (χ1v) is 8.21. The summed E-state index contributed by atoms with van der Waals surface area (Å²) in [5, 5.41) is 8.92. The Morgan fingerprint density at radius 3 is 2.95 bits per heavy atom. The van der Waals surface area contributed by atoms with Crippen LogP contribution in [0.5, 0.6) is 0 Å². The summed E-state index contributed by atoms with van der Waals surface area (Å²) in [4.78, 5) is 13.4. The number of nitrogens with zero attached hydrogens (tertiary/aromatic N) is 1. The monoisotopic (exact) mass is 283 g/mol. The van der Waals surface area contributed by atoms with Gasteiger partial charge in [-0.1, -0.05) is 6.92 Å². The van der Waals surface area contributed by atoms with E-state index in [1.165, 1.54) is 45.1 Å². The number of carbonyl (C=O) groups is 1. The van der Waals surface area contributed by atoms with Gasteiger partial charge in [0, 0.05) is 19.6 Å². The summed E-state index contributed by atoms with van der Waals surface area (Å²) in [5.74, 6) is 0.198. The zero-order chi connectivity index (χ0) is 14.4. The molecule has 2 aliphatic heterocycles. The number of ether oxygens (including phenoxy) is 1. The Labute approximate surface area is 122 Å². The molecule has 3 atom stereocenters. The van der Waals surface area contributed by atoms with Crippen LogP contribution in [0.1, 0.15) is 51.9 Å². The van der Waals surface area contributed by atoms with Crippen molar-refractivity contribution in [3.8, 4) is 0 Å². The van der Waals surface area contributed by atoms with Gasteiger partial charge < -0.3 is 14.7 Å². The van der Waals surface area contributed by atoms with Gasteiger partial charge in [0.1, 0.15) is 0 Å². The number of carboxylic acids is 1. The van der Waals surface area contributed by atoms with Crippen LogP contribution in [0, 0.1) is 11.8 Å². The second-order valence-electron chi connectivity index (χ2n) is 6.56. The van der Waals surface area contributed by atoms with E-state index in [4.69, 9.17) is 9.84 Å². The summed E-state index contributed by atoms with van der Waals surface area (Å²) in [6, 6.07) is 0. The smallest absolute Gasteiger partial charge is 0.303 e. The lowest BCUT2D eigenvalue weighted by molar-refractivity contribution is -0.138. The van der Waals surface area contributed by atoms with Crippen LogP contribution in [0.25, 0.3) is 0 Å². The van der Waals surface area contributed by atoms with Crippen molar-refractivity contribution in [2.24, 2.45) is 11.8 Å². The molecule has 3 unspecified atom stereocenters. The molecule has 20 heavy (non-hydrogen) atoms. The van der Waals surface area contributed by atoms with Crippen molar-refractivity contribution in [1.29, 1.82) is 0 Å². The van der Waals surface area contributed by atoms with Crippen LogP contribution in [0.3, 0.4) is 0 Å². The van der Waals surface area contributed by atoms with Crippen LogP contribution in [0.4, 0.5) is 0 Å². The zero-order valence-electron chi connectivity index (χ0n) is 12.7. The standard InChI is InChI=1S/C16H29NO3/c1-13(11-16(18)19)14-5-2-8-17(12-14)9-3-6-15-7-4-10-20-15/h13-15H,2-12H2,1H3,(H,18,19). The zero-order valence-corrected chi connectivity index (χ0v) is 12.7. The molecule has 2 rings (SSSR count). The minimum atomic E-state index is -0.659. The molecule has 0 aliphatic carbocycles. The number of likely N-dealkylation sites (tertiary alicyclic amines) is 1. The quantitative estimate of drug-likeness (QED) is 0.780. The van der Waals surface area contributed by atoms with Gasteiger partial charge in [0.2, 0.25) is 0 Å². The highest BCUT2D eigenvalue weighted by molar-refractivity contribution is 5.66. The van der Waals surface area contributed by atoms with Gasteiger partial charge in [-0.3, -0.25) is 4.79 Å². The number of aliphatic carboxylic acids is 1. The molecule has 0 bridgehead atoms. The topological polar surface area (TPSA) is 49.8 Å². The second kappa shape index (κ2) is 7.99. The number of piperidine rings is 1. The second-order valence-corrected chi connectivity index (χ2v) is 6.56. The molecule has 4 heteroatoms. The van der Waals surface area contributed by atoms with E-state index in [1.54, 1.807) is 0 Å². The summed E-state index contributed by atoms with van der Waals surface area (Å²) in [6.45, 7) is 6.45. The van der Waals surface area contributed by atoms with Crippen molar-refractivity contribution >= 4 is 5.97 Å². The molecule has 2 heterocycles. The molecule has 0 aromatic heterocycles. The maximum atomic E-state index is 10.8. The maximum absolute atomic E-state index is 10.8. The molecule has 0 aromatic rings. The predicted molar refractivity (Wildman–Crippen MR) is 78.8 cm³/mol. The van der Waals surface area contributed by atoms with Crippen LogP contribution in [0.15, 0.2) is 0 Å². The molecule has 0 aromatic carbocycles. The first-order valence-electron chi connectivity index (χ1n) is 8.21. The number of hydrogen-bond acceptors (Lipinski definition) is 3. The normalized spacial score (nSPS) is 29.4. The lowest BCUT2D eigenvalue weighted by Gasteiger charge is -2.35. The van der Waals surface area contributed by atoms with Crippen molar-refractivity contribution in [2.75, 3.05) is 26.2 Å². The Morgan fingerprint density at radius 2 is 2.25 bits per heavy atom. The fourth-order valence-electron chi connectivity index (χ4n) is 3.62. The van der Waals surface area contributed by atoms with Gasteiger partial charge in [-0.2, -0.15) is 0 Å². The van der Waals surface area contributed by atoms with E-state index in [0.717, 1.165) is 19.7 Å². The van der Waals surface area contributed by atoms with Crippen LogP contribution in [-0.2, 0) is 9.53 Å². The SMILES string of the molecule is CC(CC(=O)O)C1CCCN(CCCC2CCCO2)C1. The lowest BCUT2D eigenvalue weighted by Crippen LogP contribution is -2.39. The molecule has 0 amide bonds. The van der Waals surface area contributed by atoms with Gasteiger partial charge in [0.25, 0.3) is 0 Å². The van der Waals surface area contributed by atoms with E-state index < -0.39 is 5.97 Å². The van der Waals surface area contributed by atoms with E-state index in [9.17, 15) is 4.79 Å². The molecule has 0 saturated carbocycles. The largest absolute Gasteiger partial charge is 0.481 e. The average Bonchev–Trinajstić information content (AvgIpc) is 2.91. The third kappa shape index (κ3) is 5.06. The first-order chi connectivity index (χ1) is 9.65. The van der Waals surface area contributed by atoms with Crippen molar-refractivity contribution in [2.45, 2.75) is 58.0 Å². The Hall–Kier alpha value is -0.610. The third-order valence-electron chi connectivity index (χ3n) is 4.87. The molecule has 2 aliphatic rings. The van der Waals surface area contributed by atoms with Gasteiger partial charge in [-0.15, -0.1) is 0 Å². The molecule has 1 N–H and O–H groups in total. The van der Waals surface area contributed by atoms with E-state index in [-0.39, 0.29) is 0 Å². The van der Waals surface area contributed by atoms with Crippen molar-refractivity contribution < 1.29 is 14.6 Å². The summed E-state index contributed by atoms with van der Waals surface area (Å²) in [5.41, 5.74) is 0. The maximum Gasteiger partial charge on any atom is 0.303 e. The Bertz CT molecular complexity index is 302. The van der Waals surface area contributed by atoms with Crippen LogP contribution >= 0.6 is 0 Å². The van der Waals surface area contributed by atoms with Crippen LogP contribution < -0.4 is 0 Å². The summed E-state index contributed by atoms with van der Waals surface area (Å²) in [6.07, 6.45) is 8.08. The van der Waals surface area contributed by atoms with Crippen molar-refractivity contribution in [1.82, 2.24) is 4.90 Å². The number of rotatable bonds is 7. The van der Waals surface area contributed by atoms with E-state index in [2.05, 4.69) is 11.8 Å². The molecule has 4 nitrogen and oxygen atoms in total. The van der Waals surface area contributed by atoms with Crippen molar-refractivity contribution in [3.05, 3.63) is 0 Å². The summed E-state index contributed by atoms with van der Waals surface area (Å²) < 4.78 is 5.66. The van der Waals surface area contributed by atoms with Gasteiger partial charge in [0.15, 0.2) is 0 Å². The van der Waals surface area contributed by atoms with Gasteiger partial charge in [-0.25, -0.2) is 0 Å². The van der Waals surface area contributed by atoms with Crippen LogP contribution in [-0.4, -0.2) is 48.3 Å². The van der Waals surface area contributed by atoms with E-state index in [0.29, 0.717) is 24.4 Å². The molecular weight excluding hydrogens is 254 g/mol. The highest BCUT2D eigenvalue weighted by atomic mass is 16.5. The fraction of sp³-hybridized carbons (Fsp3) is 0.938. The molecule has 0 spiro atoms. The molecule has 2 fully saturated rings. The molecule has 116 valence electrons. The predicted octanol–water partition coefficient (Wildman–Crippen LogP) is 2.77. The van der Waals surface area contributed by atoms with Crippen LogP contribution in [0.2, 0.25) is 0 Å². The summed E-state index contributed by atoms with van der Waals surface area (Å²) in [7, 11) is 0. The minimum Gasteiger partial charge on any atom is -0.481 e. The third-order valence-corrected chi connectivity index (χ3v) is 4.87.